The van der Waals surface area contributed by atoms with E-state index in [1.54, 1.807) is 0 Å². The molecule has 2 rings (SSSR count). The number of aliphatic hydroxyl groups is 1. The minimum Gasteiger partial charge on any atom is -0.388 e. The zero-order chi connectivity index (χ0) is 7.84. The average molecular weight is 156 g/mol. The van der Waals surface area contributed by atoms with Crippen LogP contribution < -0.4 is 0 Å². The van der Waals surface area contributed by atoms with Gasteiger partial charge in [0.2, 0.25) is 0 Å². The molecule has 3 nitrogen and oxygen atoms in total. The molecule has 2 aliphatic heterocycles. The van der Waals surface area contributed by atoms with Crippen LogP contribution in [0.4, 0.5) is 0 Å². The molecular formula is C8H12O3. The first-order chi connectivity index (χ1) is 5.33. The van der Waals surface area contributed by atoms with Gasteiger partial charge in [-0.25, -0.2) is 0 Å². The highest BCUT2D eigenvalue weighted by atomic mass is 16.6. The third-order valence-electron chi connectivity index (χ3n) is 2.37. The monoisotopic (exact) mass is 156 g/mol. The number of hydrogen-bond acceptors (Lipinski definition) is 3. The molecule has 2 heterocycles. The molecule has 4 atom stereocenters. The molecule has 3 heteroatoms. The van der Waals surface area contributed by atoms with Crippen LogP contribution in [-0.2, 0) is 9.47 Å². The van der Waals surface area contributed by atoms with Gasteiger partial charge in [0.1, 0.15) is 12.2 Å². The fourth-order valence-corrected chi connectivity index (χ4v) is 1.71. The Morgan fingerprint density at radius 2 is 2.00 bits per heavy atom. The topological polar surface area (TPSA) is 38.7 Å². The van der Waals surface area contributed by atoms with Crippen molar-refractivity contribution in [3.05, 3.63) is 12.7 Å². The molecule has 2 fully saturated rings. The Balaban J connectivity index is 2.10. The van der Waals surface area contributed by atoms with Gasteiger partial charge in [0.25, 0.3) is 0 Å². The van der Waals surface area contributed by atoms with E-state index in [0.717, 1.165) is 0 Å². The SMILES string of the molecule is C=CC1COC2C(O)COC12. The van der Waals surface area contributed by atoms with Crippen molar-refractivity contribution in [2.45, 2.75) is 18.3 Å². The van der Waals surface area contributed by atoms with Gasteiger partial charge in [-0.3, -0.25) is 0 Å². The molecular weight excluding hydrogens is 144 g/mol. The number of ether oxygens (including phenoxy) is 2. The van der Waals surface area contributed by atoms with Gasteiger partial charge in [0.15, 0.2) is 0 Å². The summed E-state index contributed by atoms with van der Waals surface area (Å²) in [6.07, 6.45) is 1.33. The lowest BCUT2D eigenvalue weighted by Crippen LogP contribution is -2.28. The van der Waals surface area contributed by atoms with Crippen LogP contribution in [0.25, 0.3) is 0 Å². The van der Waals surface area contributed by atoms with Crippen molar-refractivity contribution in [3.63, 3.8) is 0 Å². The summed E-state index contributed by atoms with van der Waals surface area (Å²) in [7, 11) is 0. The van der Waals surface area contributed by atoms with E-state index in [2.05, 4.69) is 6.58 Å². The Morgan fingerprint density at radius 3 is 2.73 bits per heavy atom. The predicted octanol–water partition coefficient (Wildman–Crippen LogP) is -0.0529. The Labute approximate surface area is 65.6 Å². The quantitative estimate of drug-likeness (QED) is 0.541. The van der Waals surface area contributed by atoms with Gasteiger partial charge in [-0.2, -0.15) is 0 Å². The second-order valence-electron chi connectivity index (χ2n) is 3.06. The van der Waals surface area contributed by atoms with E-state index in [4.69, 9.17) is 9.47 Å². The highest BCUT2D eigenvalue weighted by Gasteiger charge is 2.45. The minimum absolute atomic E-state index is 0.0440. The second kappa shape index (κ2) is 2.59. The first-order valence-electron chi connectivity index (χ1n) is 3.87. The summed E-state index contributed by atoms with van der Waals surface area (Å²) >= 11 is 0. The summed E-state index contributed by atoms with van der Waals surface area (Å²) in [4.78, 5) is 0. The van der Waals surface area contributed by atoms with Gasteiger partial charge in [0.05, 0.1) is 19.3 Å². The fraction of sp³-hybridized carbons (Fsp3) is 0.750. The van der Waals surface area contributed by atoms with E-state index in [0.29, 0.717) is 13.2 Å². The van der Waals surface area contributed by atoms with Crippen LogP contribution in [0.15, 0.2) is 12.7 Å². The Hall–Kier alpha value is -0.380. The summed E-state index contributed by atoms with van der Waals surface area (Å²) in [5.74, 6) is 0.261. The maximum absolute atomic E-state index is 9.33. The Kier molecular flexibility index (Phi) is 1.71. The number of aliphatic hydroxyl groups excluding tert-OH is 1. The van der Waals surface area contributed by atoms with E-state index in [1.807, 2.05) is 6.08 Å². The molecule has 0 aromatic rings. The van der Waals surface area contributed by atoms with E-state index < -0.39 is 6.10 Å². The summed E-state index contributed by atoms with van der Waals surface area (Å²) in [6.45, 7) is 4.72. The number of hydrogen-bond donors (Lipinski definition) is 1. The van der Waals surface area contributed by atoms with E-state index in [1.165, 1.54) is 0 Å². The van der Waals surface area contributed by atoms with Crippen molar-refractivity contribution in [1.82, 2.24) is 0 Å². The Bertz CT molecular complexity index is 169. The molecule has 11 heavy (non-hydrogen) atoms. The molecule has 0 amide bonds. The molecule has 0 radical (unpaired) electrons. The molecule has 1 N–H and O–H groups in total. The van der Waals surface area contributed by atoms with Crippen LogP contribution in [-0.4, -0.2) is 36.6 Å². The molecule has 4 unspecified atom stereocenters. The number of rotatable bonds is 1. The average Bonchev–Trinajstić information content (AvgIpc) is 2.53. The highest BCUT2D eigenvalue weighted by molar-refractivity contribution is 5.00. The van der Waals surface area contributed by atoms with E-state index in [-0.39, 0.29) is 18.1 Å². The molecule has 0 saturated carbocycles. The third kappa shape index (κ3) is 1.00. The fourth-order valence-electron chi connectivity index (χ4n) is 1.71. The molecule has 2 aliphatic rings. The molecule has 0 spiro atoms. The largest absolute Gasteiger partial charge is 0.388 e. The lowest BCUT2D eigenvalue weighted by atomic mass is 10.0. The molecule has 0 aliphatic carbocycles. The maximum Gasteiger partial charge on any atom is 0.112 e. The van der Waals surface area contributed by atoms with E-state index >= 15 is 0 Å². The lowest BCUT2D eigenvalue weighted by molar-refractivity contribution is 0.0178. The molecule has 62 valence electrons. The molecule has 0 bridgehead atoms. The smallest absolute Gasteiger partial charge is 0.112 e. The van der Waals surface area contributed by atoms with Crippen LogP contribution >= 0.6 is 0 Å². The normalized spacial score (nSPS) is 49.2. The first-order valence-corrected chi connectivity index (χ1v) is 3.87. The molecule has 2 saturated heterocycles. The maximum atomic E-state index is 9.33. The van der Waals surface area contributed by atoms with Gasteiger partial charge in [0, 0.05) is 5.92 Å². The summed E-state index contributed by atoms with van der Waals surface area (Å²) in [5, 5.41) is 9.33. The van der Waals surface area contributed by atoms with Crippen LogP contribution in [0.5, 0.6) is 0 Å². The number of fused-ring (bicyclic) bond motifs is 1. The van der Waals surface area contributed by atoms with Gasteiger partial charge in [-0.05, 0) is 0 Å². The van der Waals surface area contributed by atoms with Crippen LogP contribution in [0.2, 0.25) is 0 Å². The lowest BCUT2D eigenvalue weighted by Gasteiger charge is -2.10. The van der Waals surface area contributed by atoms with Gasteiger partial charge in [-0.1, -0.05) is 6.08 Å². The summed E-state index contributed by atoms with van der Waals surface area (Å²) in [5.41, 5.74) is 0. The predicted molar refractivity (Wildman–Crippen MR) is 39.2 cm³/mol. The summed E-state index contributed by atoms with van der Waals surface area (Å²) in [6, 6.07) is 0. The summed E-state index contributed by atoms with van der Waals surface area (Å²) < 4.78 is 10.7. The van der Waals surface area contributed by atoms with Crippen LogP contribution in [0.1, 0.15) is 0 Å². The zero-order valence-corrected chi connectivity index (χ0v) is 6.27. The second-order valence-corrected chi connectivity index (χ2v) is 3.06. The van der Waals surface area contributed by atoms with Crippen LogP contribution in [0, 0.1) is 5.92 Å². The molecule has 0 aromatic heterocycles. The van der Waals surface area contributed by atoms with Crippen LogP contribution in [0.3, 0.4) is 0 Å². The standard InChI is InChI=1S/C8H12O3/c1-2-5-3-10-8-6(9)4-11-7(5)8/h2,5-9H,1,3-4H2. The van der Waals surface area contributed by atoms with Gasteiger partial charge in [-0.15, -0.1) is 6.58 Å². The zero-order valence-electron chi connectivity index (χ0n) is 6.27. The van der Waals surface area contributed by atoms with Crippen molar-refractivity contribution in [2.24, 2.45) is 5.92 Å². The van der Waals surface area contributed by atoms with Gasteiger partial charge < -0.3 is 14.6 Å². The highest BCUT2D eigenvalue weighted by Crippen LogP contribution is 2.31. The van der Waals surface area contributed by atoms with Crippen molar-refractivity contribution in [2.75, 3.05) is 13.2 Å². The van der Waals surface area contributed by atoms with Crippen molar-refractivity contribution < 1.29 is 14.6 Å². The third-order valence-corrected chi connectivity index (χ3v) is 2.37. The Morgan fingerprint density at radius 1 is 1.27 bits per heavy atom. The first kappa shape index (κ1) is 7.28. The van der Waals surface area contributed by atoms with Crippen molar-refractivity contribution >= 4 is 0 Å². The van der Waals surface area contributed by atoms with Crippen molar-refractivity contribution in [3.8, 4) is 0 Å². The molecule has 0 aromatic carbocycles. The van der Waals surface area contributed by atoms with Gasteiger partial charge >= 0.3 is 0 Å². The minimum atomic E-state index is -0.440. The van der Waals surface area contributed by atoms with Crippen molar-refractivity contribution in [1.29, 1.82) is 0 Å². The van der Waals surface area contributed by atoms with E-state index in [9.17, 15) is 5.11 Å².